The molecule has 1 aromatic heterocycles. The summed E-state index contributed by atoms with van der Waals surface area (Å²) < 4.78 is 1.90. The monoisotopic (exact) mass is 200 g/mol. The van der Waals surface area contributed by atoms with Gasteiger partial charge in [0.2, 0.25) is 0 Å². The van der Waals surface area contributed by atoms with Gasteiger partial charge in [-0.15, -0.1) is 5.10 Å². The van der Waals surface area contributed by atoms with Gasteiger partial charge in [0, 0.05) is 0 Å². The molecule has 15 heavy (non-hydrogen) atoms. The zero-order chi connectivity index (χ0) is 10.8. The molecule has 4 heteroatoms. The van der Waals surface area contributed by atoms with Crippen LogP contribution in [0, 0.1) is 11.3 Å². The van der Waals surface area contributed by atoms with E-state index in [0.717, 1.165) is 17.5 Å². The predicted octanol–water partition coefficient (Wildman–Crippen LogP) is 2.27. The smallest absolute Gasteiger partial charge is 0.114 e. The van der Waals surface area contributed by atoms with Gasteiger partial charge in [0.1, 0.15) is 5.52 Å². The number of nitriles is 1. The number of benzene rings is 1. The number of rotatable bonds is 2. The highest BCUT2D eigenvalue weighted by atomic mass is 15.4. The Bertz CT molecular complexity index is 521. The molecule has 1 aromatic carbocycles. The molecule has 0 N–H and O–H groups in total. The SMILES string of the molecule is CCC(C)n1nnc2cc(C#N)ccc21. The van der Waals surface area contributed by atoms with Gasteiger partial charge >= 0.3 is 0 Å². The van der Waals surface area contributed by atoms with Gasteiger partial charge in [-0.05, 0) is 31.5 Å². The van der Waals surface area contributed by atoms with Crippen molar-refractivity contribution in [2.75, 3.05) is 0 Å². The van der Waals surface area contributed by atoms with Crippen molar-refractivity contribution in [1.82, 2.24) is 15.0 Å². The highest BCUT2D eigenvalue weighted by molar-refractivity contribution is 5.76. The molecule has 0 spiro atoms. The lowest BCUT2D eigenvalue weighted by atomic mass is 10.2. The van der Waals surface area contributed by atoms with Crippen molar-refractivity contribution in [2.24, 2.45) is 0 Å². The molecule has 76 valence electrons. The van der Waals surface area contributed by atoms with Gasteiger partial charge in [0.15, 0.2) is 0 Å². The van der Waals surface area contributed by atoms with Crippen LogP contribution < -0.4 is 0 Å². The van der Waals surface area contributed by atoms with E-state index in [1.807, 2.05) is 10.7 Å². The van der Waals surface area contributed by atoms with Gasteiger partial charge in [-0.2, -0.15) is 5.26 Å². The molecule has 2 rings (SSSR count). The Morgan fingerprint density at radius 3 is 3.00 bits per heavy atom. The molecule has 0 bridgehead atoms. The Hall–Kier alpha value is -1.89. The number of aromatic nitrogens is 3. The third-order valence-electron chi connectivity index (χ3n) is 2.61. The lowest BCUT2D eigenvalue weighted by molar-refractivity contribution is 0.478. The molecule has 1 heterocycles. The zero-order valence-corrected chi connectivity index (χ0v) is 8.81. The van der Waals surface area contributed by atoms with Crippen LogP contribution in [-0.4, -0.2) is 15.0 Å². The van der Waals surface area contributed by atoms with Crippen LogP contribution in [0.1, 0.15) is 31.9 Å². The summed E-state index contributed by atoms with van der Waals surface area (Å²) in [6.45, 7) is 4.22. The fraction of sp³-hybridized carbons (Fsp3) is 0.364. The Morgan fingerprint density at radius 2 is 2.33 bits per heavy atom. The average Bonchev–Trinajstić information content (AvgIpc) is 2.70. The Labute approximate surface area is 88.1 Å². The zero-order valence-electron chi connectivity index (χ0n) is 8.81. The summed E-state index contributed by atoms with van der Waals surface area (Å²) in [6.07, 6.45) is 1.01. The first-order chi connectivity index (χ1) is 7.26. The van der Waals surface area contributed by atoms with Crippen LogP contribution in [0.4, 0.5) is 0 Å². The highest BCUT2D eigenvalue weighted by Gasteiger charge is 2.09. The number of nitrogens with zero attached hydrogens (tertiary/aromatic N) is 4. The largest absolute Gasteiger partial charge is 0.242 e. The number of fused-ring (bicyclic) bond motifs is 1. The molecule has 1 unspecified atom stereocenters. The molecular formula is C11H12N4. The number of hydrogen-bond acceptors (Lipinski definition) is 3. The predicted molar refractivity (Wildman–Crippen MR) is 57.2 cm³/mol. The van der Waals surface area contributed by atoms with Crippen molar-refractivity contribution >= 4 is 11.0 Å². The van der Waals surface area contributed by atoms with Crippen molar-refractivity contribution < 1.29 is 0 Å². The molecule has 0 saturated heterocycles. The molecule has 0 amide bonds. The average molecular weight is 200 g/mol. The van der Waals surface area contributed by atoms with Crippen LogP contribution in [0.2, 0.25) is 0 Å². The molecule has 0 aliphatic rings. The second kappa shape index (κ2) is 3.70. The van der Waals surface area contributed by atoms with Gasteiger partial charge in [-0.25, -0.2) is 4.68 Å². The molecule has 4 nitrogen and oxygen atoms in total. The van der Waals surface area contributed by atoms with E-state index in [2.05, 4.69) is 30.2 Å². The standard InChI is InChI=1S/C11H12N4/c1-3-8(2)15-11-5-4-9(7-12)6-10(11)13-14-15/h4-6,8H,3H2,1-2H3. The molecular weight excluding hydrogens is 188 g/mol. The quantitative estimate of drug-likeness (QED) is 0.747. The summed E-state index contributed by atoms with van der Waals surface area (Å²) in [5, 5.41) is 16.9. The summed E-state index contributed by atoms with van der Waals surface area (Å²) in [5.74, 6) is 0. The first kappa shape index (κ1) is 9.66. The lowest BCUT2D eigenvalue weighted by Gasteiger charge is -2.08. The van der Waals surface area contributed by atoms with Gasteiger partial charge in [-0.1, -0.05) is 12.1 Å². The fourth-order valence-corrected chi connectivity index (χ4v) is 1.51. The Balaban J connectivity index is 2.58. The molecule has 0 aliphatic carbocycles. The van der Waals surface area contributed by atoms with E-state index in [1.165, 1.54) is 0 Å². The minimum absolute atomic E-state index is 0.336. The van der Waals surface area contributed by atoms with Crippen molar-refractivity contribution in [3.05, 3.63) is 23.8 Å². The van der Waals surface area contributed by atoms with E-state index in [9.17, 15) is 0 Å². The van der Waals surface area contributed by atoms with E-state index in [1.54, 1.807) is 12.1 Å². The first-order valence-corrected chi connectivity index (χ1v) is 5.01. The third-order valence-corrected chi connectivity index (χ3v) is 2.61. The summed E-state index contributed by atoms with van der Waals surface area (Å²) in [5.41, 5.74) is 2.40. The molecule has 0 fully saturated rings. The second-order valence-corrected chi connectivity index (χ2v) is 3.61. The van der Waals surface area contributed by atoms with E-state index >= 15 is 0 Å². The van der Waals surface area contributed by atoms with Crippen LogP contribution in [-0.2, 0) is 0 Å². The normalized spacial score (nSPS) is 12.6. The van der Waals surface area contributed by atoms with Crippen LogP contribution in [0.3, 0.4) is 0 Å². The summed E-state index contributed by atoms with van der Waals surface area (Å²) in [7, 11) is 0. The maximum Gasteiger partial charge on any atom is 0.114 e. The van der Waals surface area contributed by atoms with E-state index in [4.69, 9.17) is 5.26 Å². The van der Waals surface area contributed by atoms with Gasteiger partial charge in [0.05, 0.1) is 23.2 Å². The van der Waals surface area contributed by atoms with E-state index in [-0.39, 0.29) is 0 Å². The van der Waals surface area contributed by atoms with Crippen LogP contribution in [0.25, 0.3) is 11.0 Å². The Morgan fingerprint density at radius 1 is 1.53 bits per heavy atom. The van der Waals surface area contributed by atoms with Crippen LogP contribution in [0.15, 0.2) is 18.2 Å². The minimum Gasteiger partial charge on any atom is -0.242 e. The van der Waals surface area contributed by atoms with Crippen LogP contribution >= 0.6 is 0 Å². The number of hydrogen-bond donors (Lipinski definition) is 0. The maximum atomic E-state index is 8.75. The minimum atomic E-state index is 0.336. The van der Waals surface area contributed by atoms with Gasteiger partial charge in [-0.3, -0.25) is 0 Å². The highest BCUT2D eigenvalue weighted by Crippen LogP contribution is 2.18. The summed E-state index contributed by atoms with van der Waals surface area (Å²) in [4.78, 5) is 0. The van der Waals surface area contributed by atoms with E-state index in [0.29, 0.717) is 11.6 Å². The molecule has 0 radical (unpaired) electrons. The van der Waals surface area contributed by atoms with Crippen molar-refractivity contribution in [1.29, 1.82) is 5.26 Å². The van der Waals surface area contributed by atoms with E-state index < -0.39 is 0 Å². The fourth-order valence-electron chi connectivity index (χ4n) is 1.51. The third kappa shape index (κ3) is 1.57. The summed E-state index contributed by atoms with van der Waals surface area (Å²) in [6, 6.07) is 7.89. The molecule has 2 aromatic rings. The topological polar surface area (TPSA) is 54.5 Å². The second-order valence-electron chi connectivity index (χ2n) is 3.61. The van der Waals surface area contributed by atoms with Crippen molar-refractivity contribution in [3.63, 3.8) is 0 Å². The van der Waals surface area contributed by atoms with Crippen molar-refractivity contribution in [2.45, 2.75) is 26.3 Å². The van der Waals surface area contributed by atoms with Crippen LogP contribution in [0.5, 0.6) is 0 Å². The molecule has 0 saturated carbocycles. The Kier molecular flexibility index (Phi) is 2.38. The van der Waals surface area contributed by atoms with Crippen molar-refractivity contribution in [3.8, 4) is 6.07 Å². The van der Waals surface area contributed by atoms with Gasteiger partial charge in [0.25, 0.3) is 0 Å². The molecule has 1 atom stereocenters. The van der Waals surface area contributed by atoms with Gasteiger partial charge < -0.3 is 0 Å². The molecule has 0 aliphatic heterocycles. The summed E-state index contributed by atoms with van der Waals surface area (Å²) >= 11 is 0. The lowest BCUT2D eigenvalue weighted by Crippen LogP contribution is -2.05. The first-order valence-electron chi connectivity index (χ1n) is 5.01. The maximum absolute atomic E-state index is 8.75.